The zero-order valence-electron chi connectivity index (χ0n) is 11.0. The molecule has 0 unspecified atom stereocenters. The Morgan fingerprint density at radius 2 is 1.44 bits per heavy atom. The molecule has 0 atom stereocenters. The molecule has 2 aliphatic rings. The quantitative estimate of drug-likeness (QED) is 0.860. The molecular formula is C16H23NO. The summed E-state index contributed by atoms with van der Waals surface area (Å²) in [6, 6.07) is 8.75. The normalized spacial score (nSPS) is 24.8. The lowest BCUT2D eigenvalue weighted by atomic mass is 9.77. The molecular weight excluding hydrogens is 222 g/mol. The van der Waals surface area contributed by atoms with E-state index in [1.54, 1.807) is 0 Å². The van der Waals surface area contributed by atoms with E-state index < -0.39 is 0 Å². The zero-order valence-corrected chi connectivity index (χ0v) is 11.0. The highest BCUT2D eigenvalue weighted by Gasteiger charge is 2.43. The minimum absolute atomic E-state index is 0.0762. The van der Waals surface area contributed by atoms with E-state index in [1.807, 2.05) is 0 Å². The van der Waals surface area contributed by atoms with Crippen LogP contribution in [0.1, 0.15) is 56.1 Å². The highest BCUT2D eigenvalue weighted by Crippen LogP contribution is 2.48. The van der Waals surface area contributed by atoms with E-state index in [1.165, 1.54) is 30.4 Å². The van der Waals surface area contributed by atoms with Crippen LogP contribution in [0.2, 0.25) is 0 Å². The second-order valence-corrected chi connectivity index (χ2v) is 6.23. The summed E-state index contributed by atoms with van der Waals surface area (Å²) >= 11 is 0. The van der Waals surface area contributed by atoms with Gasteiger partial charge in [0.15, 0.2) is 0 Å². The molecule has 2 fully saturated rings. The topological polar surface area (TPSA) is 46.2 Å². The van der Waals surface area contributed by atoms with Gasteiger partial charge in [0.2, 0.25) is 0 Å². The van der Waals surface area contributed by atoms with Crippen LogP contribution in [0.3, 0.4) is 0 Å². The number of nitrogens with two attached hydrogens (primary N) is 1. The van der Waals surface area contributed by atoms with Crippen molar-refractivity contribution in [1.29, 1.82) is 0 Å². The minimum atomic E-state index is -0.104. The standard InChI is InChI=1S/C16H23NO/c17-16(8-2-1-3-9-16)14-6-4-13(5-7-14)15(12-18)10-11-15/h4-7,18H,1-3,8-12,17H2. The van der Waals surface area contributed by atoms with Crippen LogP contribution in [-0.4, -0.2) is 11.7 Å². The fourth-order valence-electron chi connectivity index (χ4n) is 3.32. The summed E-state index contributed by atoms with van der Waals surface area (Å²) in [5.74, 6) is 0. The average molecular weight is 245 g/mol. The number of aliphatic hydroxyl groups excluding tert-OH is 1. The monoisotopic (exact) mass is 245 g/mol. The predicted molar refractivity (Wildman–Crippen MR) is 73.4 cm³/mol. The smallest absolute Gasteiger partial charge is 0.0527 e. The van der Waals surface area contributed by atoms with Gasteiger partial charge in [-0.15, -0.1) is 0 Å². The van der Waals surface area contributed by atoms with Crippen molar-refractivity contribution in [3.8, 4) is 0 Å². The van der Waals surface area contributed by atoms with Crippen LogP contribution < -0.4 is 5.73 Å². The van der Waals surface area contributed by atoms with Crippen LogP contribution in [0.4, 0.5) is 0 Å². The number of benzene rings is 1. The van der Waals surface area contributed by atoms with E-state index in [9.17, 15) is 5.11 Å². The average Bonchev–Trinajstić information content (AvgIpc) is 3.21. The number of hydrogen-bond acceptors (Lipinski definition) is 2. The van der Waals surface area contributed by atoms with Gasteiger partial charge in [-0.05, 0) is 36.8 Å². The SMILES string of the molecule is NC1(c2ccc(C3(CO)CC3)cc2)CCCCC1. The molecule has 3 N–H and O–H groups in total. The lowest BCUT2D eigenvalue weighted by molar-refractivity contribution is 0.255. The first kappa shape index (κ1) is 12.2. The van der Waals surface area contributed by atoms with Crippen molar-refractivity contribution >= 4 is 0 Å². The Hall–Kier alpha value is -0.860. The maximum Gasteiger partial charge on any atom is 0.0527 e. The zero-order chi connectivity index (χ0) is 12.6. The molecule has 1 aromatic carbocycles. The van der Waals surface area contributed by atoms with Crippen LogP contribution in [0.15, 0.2) is 24.3 Å². The van der Waals surface area contributed by atoms with Gasteiger partial charge in [-0.2, -0.15) is 0 Å². The first-order valence-electron chi connectivity index (χ1n) is 7.19. The van der Waals surface area contributed by atoms with Gasteiger partial charge >= 0.3 is 0 Å². The molecule has 2 saturated carbocycles. The highest BCUT2D eigenvalue weighted by molar-refractivity contribution is 5.36. The van der Waals surface area contributed by atoms with Crippen LogP contribution >= 0.6 is 0 Å². The van der Waals surface area contributed by atoms with Gasteiger partial charge in [-0.3, -0.25) is 0 Å². The van der Waals surface area contributed by atoms with Gasteiger partial charge in [0, 0.05) is 11.0 Å². The van der Waals surface area contributed by atoms with E-state index in [2.05, 4.69) is 24.3 Å². The Balaban J connectivity index is 1.82. The molecule has 0 aliphatic heterocycles. The molecule has 98 valence electrons. The van der Waals surface area contributed by atoms with Crippen LogP contribution in [0.5, 0.6) is 0 Å². The lowest BCUT2D eigenvalue weighted by Gasteiger charge is -2.34. The molecule has 0 bridgehead atoms. The van der Waals surface area contributed by atoms with E-state index >= 15 is 0 Å². The van der Waals surface area contributed by atoms with E-state index in [-0.39, 0.29) is 17.6 Å². The molecule has 1 aromatic rings. The number of rotatable bonds is 3. The van der Waals surface area contributed by atoms with Crippen molar-refractivity contribution in [3.05, 3.63) is 35.4 Å². The van der Waals surface area contributed by atoms with Crippen LogP contribution in [0, 0.1) is 0 Å². The van der Waals surface area contributed by atoms with Gasteiger partial charge < -0.3 is 10.8 Å². The maximum atomic E-state index is 9.45. The third-order valence-electron chi connectivity index (χ3n) is 4.97. The van der Waals surface area contributed by atoms with Crippen LogP contribution in [0.25, 0.3) is 0 Å². The predicted octanol–water partition coefficient (Wildman–Crippen LogP) is 2.83. The Kier molecular flexibility index (Phi) is 2.95. The number of aliphatic hydroxyl groups is 1. The molecule has 2 heteroatoms. The second kappa shape index (κ2) is 4.36. The van der Waals surface area contributed by atoms with Crippen molar-refractivity contribution in [2.75, 3.05) is 6.61 Å². The molecule has 0 radical (unpaired) electrons. The van der Waals surface area contributed by atoms with Crippen molar-refractivity contribution in [1.82, 2.24) is 0 Å². The highest BCUT2D eigenvalue weighted by atomic mass is 16.3. The Bertz CT molecular complexity index is 413. The van der Waals surface area contributed by atoms with Gasteiger partial charge in [0.05, 0.1) is 6.61 Å². The summed E-state index contributed by atoms with van der Waals surface area (Å²) in [7, 11) is 0. The maximum absolute atomic E-state index is 9.45. The molecule has 0 aromatic heterocycles. The molecule has 2 nitrogen and oxygen atoms in total. The van der Waals surface area contributed by atoms with Crippen molar-refractivity contribution in [2.24, 2.45) is 5.73 Å². The fourth-order valence-corrected chi connectivity index (χ4v) is 3.32. The second-order valence-electron chi connectivity index (χ2n) is 6.23. The molecule has 18 heavy (non-hydrogen) atoms. The number of hydrogen-bond donors (Lipinski definition) is 2. The summed E-state index contributed by atoms with van der Waals surface area (Å²) in [6.07, 6.45) is 8.28. The lowest BCUT2D eigenvalue weighted by Crippen LogP contribution is -2.38. The molecule has 0 heterocycles. The Morgan fingerprint density at radius 3 is 1.94 bits per heavy atom. The molecule has 2 aliphatic carbocycles. The fraction of sp³-hybridized carbons (Fsp3) is 0.625. The minimum Gasteiger partial charge on any atom is -0.395 e. The van der Waals surface area contributed by atoms with Crippen molar-refractivity contribution < 1.29 is 5.11 Å². The summed E-state index contributed by atoms with van der Waals surface area (Å²) in [6.45, 7) is 0.278. The molecule has 0 saturated heterocycles. The first-order valence-corrected chi connectivity index (χ1v) is 7.19. The van der Waals surface area contributed by atoms with Gasteiger partial charge in [0.25, 0.3) is 0 Å². The third kappa shape index (κ3) is 1.98. The summed E-state index contributed by atoms with van der Waals surface area (Å²) in [5.41, 5.74) is 9.07. The summed E-state index contributed by atoms with van der Waals surface area (Å²) in [5, 5.41) is 9.45. The van der Waals surface area contributed by atoms with Crippen molar-refractivity contribution in [2.45, 2.75) is 55.9 Å². The van der Waals surface area contributed by atoms with Gasteiger partial charge in [-0.1, -0.05) is 43.5 Å². The summed E-state index contributed by atoms with van der Waals surface area (Å²) < 4.78 is 0. The first-order chi connectivity index (χ1) is 8.69. The largest absolute Gasteiger partial charge is 0.395 e. The third-order valence-corrected chi connectivity index (χ3v) is 4.97. The van der Waals surface area contributed by atoms with Crippen LogP contribution in [-0.2, 0) is 11.0 Å². The van der Waals surface area contributed by atoms with Gasteiger partial charge in [0.1, 0.15) is 0 Å². The molecule has 0 spiro atoms. The summed E-state index contributed by atoms with van der Waals surface area (Å²) in [4.78, 5) is 0. The van der Waals surface area contributed by atoms with E-state index in [4.69, 9.17) is 5.73 Å². The van der Waals surface area contributed by atoms with E-state index in [0.29, 0.717) is 0 Å². The van der Waals surface area contributed by atoms with E-state index in [0.717, 1.165) is 25.7 Å². The Labute approximate surface area is 109 Å². The molecule has 3 rings (SSSR count). The van der Waals surface area contributed by atoms with Crippen molar-refractivity contribution in [3.63, 3.8) is 0 Å². The Morgan fingerprint density at radius 1 is 0.889 bits per heavy atom. The van der Waals surface area contributed by atoms with Gasteiger partial charge in [-0.25, -0.2) is 0 Å². The molecule has 0 amide bonds.